The van der Waals surface area contributed by atoms with Gasteiger partial charge in [0, 0.05) is 33.5 Å². The van der Waals surface area contributed by atoms with Crippen molar-refractivity contribution in [2.24, 2.45) is 0 Å². The molecule has 0 bridgehead atoms. The molecule has 10 aromatic rings. The fourth-order valence-electron chi connectivity index (χ4n) is 8.14. The second-order valence-corrected chi connectivity index (χ2v) is 13.3. The van der Waals surface area contributed by atoms with Gasteiger partial charge in [0.1, 0.15) is 0 Å². The Labute approximate surface area is 303 Å². The largest absolute Gasteiger partial charge is 0.310 e. The monoisotopic (exact) mass is 662 g/mol. The van der Waals surface area contributed by atoms with Crippen LogP contribution in [0.25, 0.3) is 71.3 Å². The average Bonchev–Trinajstić information content (AvgIpc) is 3.55. The van der Waals surface area contributed by atoms with Crippen molar-refractivity contribution in [1.29, 1.82) is 0 Å². The first kappa shape index (κ1) is 30.0. The fraction of sp³-hybridized carbons (Fsp3) is 0. The molecule has 2 nitrogen and oxygen atoms in total. The van der Waals surface area contributed by atoms with E-state index in [2.05, 4.69) is 216 Å². The van der Waals surface area contributed by atoms with E-state index in [0.29, 0.717) is 0 Å². The molecule has 0 aliphatic heterocycles. The minimum absolute atomic E-state index is 1.11. The Kier molecular flexibility index (Phi) is 7.18. The topological polar surface area (TPSA) is 8.17 Å². The van der Waals surface area contributed by atoms with Crippen molar-refractivity contribution in [3.63, 3.8) is 0 Å². The SMILES string of the molecule is c1ccc(-c2c3ccccc3c(-c3cccc(N(c4ccccc4)c4ccc5c(c4)c4ccccc4n5-c4ccccc4)c3)c3ccccc23)cc1. The minimum atomic E-state index is 1.11. The summed E-state index contributed by atoms with van der Waals surface area (Å²) in [7, 11) is 0. The normalized spacial score (nSPS) is 11.5. The molecule has 0 spiro atoms. The van der Waals surface area contributed by atoms with Gasteiger partial charge < -0.3 is 9.47 Å². The van der Waals surface area contributed by atoms with E-state index >= 15 is 0 Å². The summed E-state index contributed by atoms with van der Waals surface area (Å²) in [6.07, 6.45) is 0. The van der Waals surface area contributed by atoms with E-state index in [1.807, 2.05) is 0 Å². The molecule has 0 atom stereocenters. The first-order chi connectivity index (χ1) is 25.8. The van der Waals surface area contributed by atoms with Crippen LogP contribution in [0.15, 0.2) is 206 Å². The summed E-state index contributed by atoms with van der Waals surface area (Å²) in [6, 6.07) is 74.6. The van der Waals surface area contributed by atoms with Gasteiger partial charge in [-0.15, -0.1) is 0 Å². The lowest BCUT2D eigenvalue weighted by Crippen LogP contribution is -2.10. The molecule has 0 N–H and O–H groups in total. The Morgan fingerprint density at radius 3 is 1.40 bits per heavy atom. The third kappa shape index (κ3) is 4.88. The van der Waals surface area contributed by atoms with Crippen LogP contribution < -0.4 is 4.90 Å². The van der Waals surface area contributed by atoms with Crippen LogP contribution >= 0.6 is 0 Å². The number of hydrogen-bond donors (Lipinski definition) is 0. The minimum Gasteiger partial charge on any atom is -0.310 e. The van der Waals surface area contributed by atoms with E-state index in [9.17, 15) is 0 Å². The number of fused-ring (bicyclic) bond motifs is 5. The second kappa shape index (κ2) is 12.5. The lowest BCUT2D eigenvalue weighted by molar-refractivity contribution is 1.18. The molecule has 0 fully saturated rings. The molecule has 0 aliphatic carbocycles. The molecule has 52 heavy (non-hydrogen) atoms. The average molecular weight is 663 g/mol. The third-order valence-corrected chi connectivity index (χ3v) is 10.3. The van der Waals surface area contributed by atoms with Gasteiger partial charge in [0.25, 0.3) is 0 Å². The van der Waals surface area contributed by atoms with E-state index in [0.717, 1.165) is 22.7 Å². The summed E-state index contributed by atoms with van der Waals surface area (Å²) >= 11 is 0. The number of benzene rings is 9. The maximum Gasteiger partial charge on any atom is 0.0542 e. The highest BCUT2D eigenvalue weighted by Gasteiger charge is 2.20. The Morgan fingerprint density at radius 1 is 0.288 bits per heavy atom. The highest BCUT2D eigenvalue weighted by Crippen LogP contribution is 2.46. The Bertz CT molecular complexity index is 2830. The summed E-state index contributed by atoms with van der Waals surface area (Å²) in [5.74, 6) is 0. The van der Waals surface area contributed by atoms with Crippen molar-refractivity contribution >= 4 is 60.4 Å². The summed E-state index contributed by atoms with van der Waals surface area (Å²) in [5, 5.41) is 7.47. The van der Waals surface area contributed by atoms with Gasteiger partial charge in [-0.25, -0.2) is 0 Å². The van der Waals surface area contributed by atoms with Crippen LogP contribution in [-0.2, 0) is 0 Å². The van der Waals surface area contributed by atoms with Gasteiger partial charge >= 0.3 is 0 Å². The van der Waals surface area contributed by atoms with Crippen LogP contribution in [0, 0.1) is 0 Å². The second-order valence-electron chi connectivity index (χ2n) is 13.3. The Balaban J connectivity index is 1.20. The van der Waals surface area contributed by atoms with Crippen molar-refractivity contribution in [3.05, 3.63) is 206 Å². The van der Waals surface area contributed by atoms with E-state index in [1.165, 1.54) is 65.6 Å². The zero-order valence-corrected chi connectivity index (χ0v) is 28.5. The van der Waals surface area contributed by atoms with Crippen molar-refractivity contribution < 1.29 is 0 Å². The van der Waals surface area contributed by atoms with Gasteiger partial charge in [-0.2, -0.15) is 0 Å². The first-order valence-electron chi connectivity index (χ1n) is 17.9. The van der Waals surface area contributed by atoms with Crippen molar-refractivity contribution in [2.75, 3.05) is 4.90 Å². The lowest BCUT2D eigenvalue weighted by Gasteiger charge is -2.26. The molecule has 0 saturated heterocycles. The molecule has 0 radical (unpaired) electrons. The van der Waals surface area contributed by atoms with Crippen LogP contribution in [0.1, 0.15) is 0 Å². The van der Waals surface area contributed by atoms with Gasteiger partial charge in [0.05, 0.1) is 11.0 Å². The van der Waals surface area contributed by atoms with Crippen molar-refractivity contribution in [3.8, 4) is 27.9 Å². The summed E-state index contributed by atoms with van der Waals surface area (Å²) in [5.41, 5.74) is 11.8. The Hall–Kier alpha value is -6.90. The van der Waals surface area contributed by atoms with Gasteiger partial charge in [-0.1, -0.05) is 146 Å². The molecule has 1 aromatic heterocycles. The number of rotatable bonds is 6. The molecule has 0 unspecified atom stereocenters. The molecule has 10 rings (SSSR count). The summed E-state index contributed by atoms with van der Waals surface area (Å²) < 4.78 is 2.37. The molecule has 2 heteroatoms. The number of hydrogen-bond acceptors (Lipinski definition) is 1. The highest BCUT2D eigenvalue weighted by atomic mass is 15.1. The van der Waals surface area contributed by atoms with E-state index in [4.69, 9.17) is 0 Å². The molecule has 0 aliphatic rings. The molecular weight excluding hydrogens is 629 g/mol. The van der Waals surface area contributed by atoms with Gasteiger partial charge in [-0.05, 0) is 104 Å². The highest BCUT2D eigenvalue weighted by molar-refractivity contribution is 6.21. The molecule has 0 amide bonds. The van der Waals surface area contributed by atoms with Gasteiger partial charge in [0.15, 0.2) is 0 Å². The summed E-state index contributed by atoms with van der Waals surface area (Å²) in [6.45, 7) is 0. The predicted molar refractivity (Wildman–Crippen MR) is 221 cm³/mol. The molecule has 244 valence electrons. The van der Waals surface area contributed by atoms with Gasteiger partial charge in [-0.3, -0.25) is 0 Å². The predicted octanol–water partition coefficient (Wildman–Crippen LogP) is 13.9. The van der Waals surface area contributed by atoms with Gasteiger partial charge in [0.2, 0.25) is 0 Å². The fourth-order valence-corrected chi connectivity index (χ4v) is 8.14. The summed E-state index contributed by atoms with van der Waals surface area (Å²) in [4.78, 5) is 2.39. The van der Waals surface area contributed by atoms with E-state index in [-0.39, 0.29) is 0 Å². The Morgan fingerprint density at radius 2 is 0.750 bits per heavy atom. The maximum absolute atomic E-state index is 2.39. The number of para-hydroxylation sites is 3. The van der Waals surface area contributed by atoms with Crippen LogP contribution in [-0.4, -0.2) is 4.57 Å². The molecule has 1 heterocycles. The zero-order valence-electron chi connectivity index (χ0n) is 28.5. The van der Waals surface area contributed by atoms with Crippen molar-refractivity contribution in [2.45, 2.75) is 0 Å². The number of nitrogens with zero attached hydrogens (tertiary/aromatic N) is 2. The van der Waals surface area contributed by atoms with E-state index < -0.39 is 0 Å². The molecular formula is C50H34N2. The van der Waals surface area contributed by atoms with Crippen LogP contribution in [0.5, 0.6) is 0 Å². The van der Waals surface area contributed by atoms with Crippen LogP contribution in [0.3, 0.4) is 0 Å². The number of aromatic nitrogens is 1. The molecule has 0 saturated carbocycles. The van der Waals surface area contributed by atoms with E-state index in [1.54, 1.807) is 0 Å². The third-order valence-electron chi connectivity index (χ3n) is 10.3. The maximum atomic E-state index is 2.39. The van der Waals surface area contributed by atoms with Crippen LogP contribution in [0.2, 0.25) is 0 Å². The lowest BCUT2D eigenvalue weighted by atomic mass is 9.86. The number of anilines is 3. The zero-order chi connectivity index (χ0) is 34.4. The quantitative estimate of drug-likeness (QED) is 0.161. The smallest absolute Gasteiger partial charge is 0.0542 e. The van der Waals surface area contributed by atoms with Crippen LogP contribution in [0.4, 0.5) is 17.1 Å². The van der Waals surface area contributed by atoms with Crippen molar-refractivity contribution in [1.82, 2.24) is 4.57 Å². The standard InChI is InChI=1S/C50H34N2/c1-4-17-35(18-5-1)49-42-26-10-12-28-44(42)50(45-29-13-11-27-43(45)49)36-19-16-24-39(33-36)51(37-20-6-2-7-21-37)40-31-32-48-46(34-40)41-25-14-15-30-47(41)52(48)38-22-8-3-9-23-38/h1-34H. The first-order valence-corrected chi connectivity index (χ1v) is 17.9. The molecule has 9 aromatic carbocycles.